The number of hydrogen-bond acceptors (Lipinski definition) is 2. The van der Waals surface area contributed by atoms with Crippen LogP contribution in [0.25, 0.3) is 0 Å². The van der Waals surface area contributed by atoms with Crippen molar-refractivity contribution in [2.45, 2.75) is 51.8 Å². The van der Waals surface area contributed by atoms with Gasteiger partial charge in [0.25, 0.3) is 0 Å². The van der Waals surface area contributed by atoms with Crippen LogP contribution in [0.3, 0.4) is 0 Å². The molecule has 0 aromatic carbocycles. The topological polar surface area (TPSA) is 12.5 Å². The van der Waals surface area contributed by atoms with Crippen molar-refractivity contribution < 1.29 is 17.9 Å². The molecule has 1 saturated heterocycles. The molecule has 0 amide bonds. The number of halogens is 3. The minimum Gasteiger partial charge on any atom is -0.378 e. The Bertz CT molecular complexity index is 292. The fourth-order valence-corrected chi connectivity index (χ4v) is 2.76. The Hall–Kier alpha value is -0.290. The Morgan fingerprint density at radius 2 is 1.79 bits per heavy atom. The molecule has 0 atom stereocenters. The maximum atomic E-state index is 12.6. The molecule has 1 heterocycles. The lowest BCUT2D eigenvalue weighted by Gasteiger charge is -2.35. The van der Waals surface area contributed by atoms with E-state index in [2.05, 4.69) is 4.90 Å². The molecule has 112 valence electrons. The molecule has 0 spiro atoms. The molecule has 19 heavy (non-hydrogen) atoms. The molecule has 1 aliphatic carbocycles. The number of ether oxygens (including phenoxy) is 1. The Balaban J connectivity index is 1.74. The summed E-state index contributed by atoms with van der Waals surface area (Å²) in [5.74, 6) is -1.09. The minimum atomic E-state index is -4.01. The number of nitrogens with zero attached hydrogens (tertiary/aromatic N) is 1. The molecule has 2 rings (SSSR count). The molecule has 0 N–H and O–H groups in total. The molecule has 0 aromatic heterocycles. The van der Waals surface area contributed by atoms with Crippen LogP contribution in [0.5, 0.6) is 0 Å². The van der Waals surface area contributed by atoms with Crippen LogP contribution < -0.4 is 0 Å². The Morgan fingerprint density at radius 1 is 1.21 bits per heavy atom. The number of hydrogen-bond donors (Lipinski definition) is 0. The van der Waals surface area contributed by atoms with Crippen LogP contribution in [0.2, 0.25) is 0 Å². The third-order valence-electron chi connectivity index (χ3n) is 4.29. The number of alkyl halides is 3. The van der Waals surface area contributed by atoms with Crippen molar-refractivity contribution in [1.29, 1.82) is 0 Å². The summed E-state index contributed by atoms with van der Waals surface area (Å²) in [7, 11) is 0. The molecule has 0 radical (unpaired) electrons. The van der Waals surface area contributed by atoms with Crippen molar-refractivity contribution in [2.75, 3.05) is 26.2 Å². The van der Waals surface area contributed by atoms with Crippen molar-refractivity contribution in [3.8, 4) is 0 Å². The van der Waals surface area contributed by atoms with Gasteiger partial charge in [-0.05, 0) is 52.6 Å². The zero-order valence-electron chi connectivity index (χ0n) is 11.8. The summed E-state index contributed by atoms with van der Waals surface area (Å²) in [4.78, 5) is 2.19. The smallest absolute Gasteiger partial charge is 0.378 e. The molecule has 5 heteroatoms. The molecule has 2 nitrogen and oxygen atoms in total. The predicted molar refractivity (Wildman–Crippen MR) is 68.0 cm³/mol. The van der Waals surface area contributed by atoms with Crippen LogP contribution in [0.1, 0.15) is 39.5 Å². The van der Waals surface area contributed by atoms with E-state index in [4.69, 9.17) is 4.74 Å². The first kappa shape index (κ1) is 15.1. The molecule has 0 unspecified atom stereocenters. The molecule has 1 saturated carbocycles. The first-order chi connectivity index (χ1) is 8.81. The second-order valence-corrected chi connectivity index (χ2v) is 6.45. The van der Waals surface area contributed by atoms with Crippen molar-refractivity contribution in [3.05, 3.63) is 0 Å². The summed E-state index contributed by atoms with van der Waals surface area (Å²) in [6.45, 7) is 6.85. The summed E-state index contributed by atoms with van der Waals surface area (Å²) in [5.41, 5.74) is 0.231. The van der Waals surface area contributed by atoms with Gasteiger partial charge in [0.05, 0.1) is 18.6 Å². The fourth-order valence-electron chi connectivity index (χ4n) is 2.76. The van der Waals surface area contributed by atoms with Gasteiger partial charge in [-0.1, -0.05) is 0 Å². The van der Waals surface area contributed by atoms with Gasteiger partial charge in [-0.25, -0.2) is 0 Å². The SMILES string of the molecule is CC(C)OCC1(CN2CCC(C(F)(F)F)CC2)CC1. The molecular formula is C14H24F3NO. The third kappa shape index (κ3) is 4.35. The highest BCUT2D eigenvalue weighted by Gasteiger charge is 2.46. The largest absolute Gasteiger partial charge is 0.391 e. The highest BCUT2D eigenvalue weighted by Crippen LogP contribution is 2.47. The molecule has 1 aliphatic heterocycles. The lowest BCUT2D eigenvalue weighted by Crippen LogP contribution is -2.42. The van der Waals surface area contributed by atoms with Crippen LogP contribution in [0, 0.1) is 11.3 Å². The monoisotopic (exact) mass is 279 g/mol. The highest BCUT2D eigenvalue weighted by atomic mass is 19.4. The van der Waals surface area contributed by atoms with Gasteiger partial charge in [-0.15, -0.1) is 0 Å². The second-order valence-electron chi connectivity index (χ2n) is 6.45. The zero-order valence-corrected chi connectivity index (χ0v) is 11.8. The molecule has 0 aromatic rings. The maximum absolute atomic E-state index is 12.6. The molecule has 2 aliphatic rings. The van der Waals surface area contributed by atoms with E-state index in [1.54, 1.807) is 0 Å². The van der Waals surface area contributed by atoms with E-state index in [1.807, 2.05) is 13.8 Å². The average molecular weight is 279 g/mol. The standard InChI is InChI=1S/C14H24F3NO/c1-11(2)19-10-13(5-6-13)9-18-7-3-12(4-8-18)14(15,16)17/h11-12H,3-10H2,1-2H3. The Labute approximate surface area is 113 Å². The average Bonchev–Trinajstić information content (AvgIpc) is 3.06. The summed E-state index contributed by atoms with van der Waals surface area (Å²) < 4.78 is 43.4. The van der Waals surface area contributed by atoms with Gasteiger partial charge in [0.2, 0.25) is 0 Å². The first-order valence-corrected chi connectivity index (χ1v) is 7.21. The van der Waals surface area contributed by atoms with Gasteiger partial charge in [0, 0.05) is 12.0 Å². The van der Waals surface area contributed by atoms with Gasteiger partial charge in [0.1, 0.15) is 0 Å². The van der Waals surface area contributed by atoms with Crippen molar-refractivity contribution in [1.82, 2.24) is 4.90 Å². The summed E-state index contributed by atoms with van der Waals surface area (Å²) in [5, 5.41) is 0. The van der Waals surface area contributed by atoms with Gasteiger partial charge in [0.15, 0.2) is 0 Å². The van der Waals surface area contributed by atoms with Gasteiger partial charge < -0.3 is 9.64 Å². The lowest BCUT2D eigenvalue weighted by atomic mass is 9.95. The molecule has 0 bridgehead atoms. The van der Waals surface area contributed by atoms with Gasteiger partial charge in [-0.3, -0.25) is 0 Å². The van der Waals surface area contributed by atoms with Gasteiger partial charge >= 0.3 is 6.18 Å². The van der Waals surface area contributed by atoms with Crippen molar-refractivity contribution in [3.63, 3.8) is 0 Å². The quantitative estimate of drug-likeness (QED) is 0.764. The van der Waals surface area contributed by atoms with E-state index >= 15 is 0 Å². The van der Waals surface area contributed by atoms with Crippen LogP contribution in [0.4, 0.5) is 13.2 Å². The van der Waals surface area contributed by atoms with E-state index in [0.717, 1.165) is 26.0 Å². The van der Waals surface area contributed by atoms with E-state index in [1.165, 1.54) is 0 Å². The Kier molecular flexibility index (Phi) is 4.45. The third-order valence-corrected chi connectivity index (χ3v) is 4.29. The van der Waals surface area contributed by atoms with Crippen LogP contribution in [0.15, 0.2) is 0 Å². The first-order valence-electron chi connectivity index (χ1n) is 7.21. The van der Waals surface area contributed by atoms with E-state index in [9.17, 15) is 13.2 Å². The normalized spacial score (nSPS) is 24.9. The van der Waals surface area contributed by atoms with E-state index in [-0.39, 0.29) is 24.4 Å². The van der Waals surface area contributed by atoms with Gasteiger partial charge in [-0.2, -0.15) is 13.2 Å². The number of piperidine rings is 1. The number of rotatable bonds is 5. The summed E-state index contributed by atoms with van der Waals surface area (Å²) in [6, 6.07) is 0. The summed E-state index contributed by atoms with van der Waals surface area (Å²) >= 11 is 0. The molecular weight excluding hydrogens is 255 g/mol. The van der Waals surface area contributed by atoms with E-state index in [0.29, 0.717) is 13.1 Å². The minimum absolute atomic E-state index is 0.230. The van der Waals surface area contributed by atoms with Crippen LogP contribution in [-0.2, 0) is 4.74 Å². The zero-order chi connectivity index (χ0) is 14.1. The maximum Gasteiger partial charge on any atom is 0.391 e. The highest BCUT2D eigenvalue weighted by molar-refractivity contribution is 4.96. The van der Waals surface area contributed by atoms with E-state index < -0.39 is 12.1 Å². The molecule has 2 fully saturated rings. The van der Waals surface area contributed by atoms with Crippen molar-refractivity contribution in [2.24, 2.45) is 11.3 Å². The fraction of sp³-hybridized carbons (Fsp3) is 1.00. The Morgan fingerprint density at radius 3 is 2.21 bits per heavy atom. The second kappa shape index (κ2) is 5.60. The van der Waals surface area contributed by atoms with Crippen LogP contribution >= 0.6 is 0 Å². The number of likely N-dealkylation sites (tertiary alicyclic amines) is 1. The van der Waals surface area contributed by atoms with Crippen molar-refractivity contribution >= 4 is 0 Å². The van der Waals surface area contributed by atoms with Crippen LogP contribution in [-0.4, -0.2) is 43.4 Å². The summed E-state index contributed by atoms with van der Waals surface area (Å²) in [6.07, 6.45) is -0.967. The predicted octanol–water partition coefficient (Wildman–Crippen LogP) is 3.47. The lowest BCUT2D eigenvalue weighted by molar-refractivity contribution is -0.185.